The number of halogens is 5. The molecule has 5 N–H and O–H groups in total. The first-order chi connectivity index (χ1) is 58.5. The van der Waals surface area contributed by atoms with Crippen LogP contribution in [0.3, 0.4) is 0 Å². The number of hydrogen-bond acceptors (Lipinski definition) is 24. The van der Waals surface area contributed by atoms with Crippen molar-refractivity contribution in [3.63, 3.8) is 0 Å². The van der Waals surface area contributed by atoms with Gasteiger partial charge in [0.25, 0.3) is 6.43 Å². The van der Waals surface area contributed by atoms with E-state index in [4.69, 9.17) is 33.9 Å². The van der Waals surface area contributed by atoms with E-state index in [1.165, 1.54) is 26.8 Å². The molecule has 1 unspecified atom stereocenters. The van der Waals surface area contributed by atoms with Crippen LogP contribution in [0.25, 0.3) is 33.8 Å². The van der Waals surface area contributed by atoms with Crippen molar-refractivity contribution in [3.05, 3.63) is 208 Å². The topological polar surface area (TPSA) is 335 Å². The number of nitrogens with zero attached hydrogens (tertiary/aromatic N) is 16. The van der Waals surface area contributed by atoms with Crippen molar-refractivity contribution in [1.29, 1.82) is 15.8 Å². The van der Waals surface area contributed by atoms with Gasteiger partial charge in [-0.2, -0.15) is 29.0 Å². The molecule has 0 aliphatic carbocycles. The lowest BCUT2D eigenvalue weighted by Crippen LogP contribution is -2.39. The van der Waals surface area contributed by atoms with Gasteiger partial charge in [0, 0.05) is 79.1 Å². The average Bonchev–Trinajstić information content (AvgIpc) is 1.47. The van der Waals surface area contributed by atoms with Crippen LogP contribution in [0, 0.1) is 34.0 Å². The Morgan fingerprint density at radius 3 is 1.18 bits per heavy atom. The van der Waals surface area contributed by atoms with Crippen LogP contribution in [-0.4, -0.2) is 206 Å². The molecule has 25 nitrogen and oxygen atoms in total. The normalized spacial score (nSPS) is 18.4. The first kappa shape index (κ1) is 84.7. The van der Waals surface area contributed by atoms with Crippen LogP contribution in [-0.2, 0) is 35.3 Å². The molecule has 0 saturated carbocycles. The summed E-state index contributed by atoms with van der Waals surface area (Å²) >= 11 is -2.21. The van der Waals surface area contributed by atoms with Crippen molar-refractivity contribution >= 4 is 51.2 Å². The highest BCUT2D eigenvalue weighted by molar-refractivity contribution is 7.76. The van der Waals surface area contributed by atoms with Crippen molar-refractivity contribution in [1.82, 2.24) is 60.8 Å². The van der Waals surface area contributed by atoms with E-state index in [1.54, 1.807) is 30.9 Å². The van der Waals surface area contributed by atoms with Gasteiger partial charge in [-0.05, 0) is 223 Å². The predicted molar refractivity (Wildman–Crippen MR) is 450 cm³/mol. The molecule has 0 spiro atoms. The molecule has 9 aromatic rings. The number of aliphatic imine (C=N–C) groups is 3. The minimum atomic E-state index is -4.15. The Balaban J connectivity index is 0.000000141. The Bertz CT molecular complexity index is 5410. The fourth-order valence-electron chi connectivity index (χ4n) is 17.1. The molecule has 0 bridgehead atoms. The first-order valence-corrected chi connectivity index (χ1v) is 42.1. The van der Waals surface area contributed by atoms with Gasteiger partial charge in [-0.25, -0.2) is 58.0 Å². The molecular formula is C90H93F5N19O6S-. The second kappa shape index (κ2) is 39.1. The number of aromatic nitrogens is 6. The number of ether oxygens (including phenoxy) is 4. The molecule has 0 radical (unpaired) electrons. The molecule has 9 aliphatic heterocycles. The zero-order chi connectivity index (χ0) is 82.6. The van der Waals surface area contributed by atoms with Crippen molar-refractivity contribution < 1.29 is 49.7 Å². The third-order valence-electron chi connectivity index (χ3n) is 23.6. The van der Waals surface area contributed by atoms with Crippen LogP contribution in [0.5, 0.6) is 17.2 Å². The third kappa shape index (κ3) is 20.7. The number of nitriles is 3. The molecule has 121 heavy (non-hydrogen) atoms. The molecule has 9 aliphatic rings. The van der Waals surface area contributed by atoms with E-state index in [0.29, 0.717) is 147 Å². The largest absolute Gasteiger partial charge is 0.760 e. The molecule has 626 valence electrons. The van der Waals surface area contributed by atoms with Gasteiger partial charge in [0.1, 0.15) is 89.8 Å². The van der Waals surface area contributed by atoms with E-state index in [9.17, 15) is 46.5 Å². The zero-order valence-corrected chi connectivity index (χ0v) is 67.8. The Hall–Kier alpha value is -11.3. The fourth-order valence-corrected chi connectivity index (χ4v) is 17.6. The molecule has 0 amide bonds. The molecule has 6 fully saturated rings. The number of nitrogens with one attached hydrogen (secondary N) is 2. The van der Waals surface area contributed by atoms with Gasteiger partial charge in [0.15, 0.2) is 0 Å². The van der Waals surface area contributed by atoms with Crippen molar-refractivity contribution in [2.24, 2.45) is 15.0 Å². The molecule has 6 aromatic carbocycles. The lowest BCUT2D eigenvalue weighted by molar-refractivity contribution is -0.147. The van der Waals surface area contributed by atoms with E-state index in [2.05, 4.69) is 124 Å². The van der Waals surface area contributed by atoms with Crippen molar-refractivity contribution in [3.8, 4) is 69.2 Å². The summed E-state index contributed by atoms with van der Waals surface area (Å²) in [5.74, 6) is 2.32. The van der Waals surface area contributed by atoms with E-state index in [1.807, 2.05) is 53.4 Å². The summed E-state index contributed by atoms with van der Waals surface area (Å²) in [7, 11) is 0. The number of benzene rings is 6. The standard InChI is InChI=1S/C31H31F3N6O.C31H32F2N6O.C28H28N6O4S.H3N/c32-31(33,34)18-40-13-9-21(10-14-40)20-1-3-22(4-2-20)26-16-27-30(39-26)29(38-19-37-27)23-5-6-28(24(15-23)17-35)41-25-7-11-36-12-8-25;32-29(33)18-39-13-9-21(10-14-39)20-1-3-22(4-2-20)26-16-27-31(38-26)30(37-19-36-27)23-5-6-28(24(15-23)17-34)40-25-7-11-35-12-8-25;29-17-21-15-20(3-6-26(21)38-23-7-9-34(10-8-23)39(35)36)27-28-25(30-18-31-27)16-24(32-28)19-1-4-22(5-2-19)33-11-13-37-14-12-33;/h1-6,15,19,21,25,36H,7-14,16,18H2;1-6,15,19,21,25,29,35H,7-14,16,18H2;1-6,15,18,23H,7-14,16H2,(H,35,36);1H3/p-1. The number of fused-ring (bicyclic) bond motifs is 3. The maximum absolute atomic E-state index is 12.7. The van der Waals surface area contributed by atoms with E-state index < -0.39 is 30.4 Å². The van der Waals surface area contributed by atoms with E-state index in [0.717, 1.165) is 176 Å². The van der Waals surface area contributed by atoms with Crippen LogP contribution in [0.4, 0.5) is 44.7 Å². The van der Waals surface area contributed by atoms with Gasteiger partial charge in [0.05, 0.1) is 94.3 Å². The molecule has 3 aromatic heterocycles. The van der Waals surface area contributed by atoms with Crippen molar-refractivity contribution in [2.75, 3.05) is 110 Å². The fraction of sp³-hybridized carbons (Fsp3) is 0.400. The van der Waals surface area contributed by atoms with E-state index in [-0.39, 0.29) is 36.9 Å². The summed E-state index contributed by atoms with van der Waals surface area (Å²) in [6.45, 7) is 9.10. The summed E-state index contributed by atoms with van der Waals surface area (Å²) < 4.78 is 111. The number of likely N-dealkylation sites (tertiary alicyclic amines) is 2. The van der Waals surface area contributed by atoms with E-state index >= 15 is 0 Å². The molecular weight excluding hydrogens is 1570 g/mol. The lowest BCUT2D eigenvalue weighted by atomic mass is 9.88. The van der Waals surface area contributed by atoms with Gasteiger partial charge in [-0.1, -0.05) is 60.7 Å². The minimum Gasteiger partial charge on any atom is -0.760 e. The van der Waals surface area contributed by atoms with Gasteiger partial charge in [-0.3, -0.25) is 14.0 Å². The third-order valence-corrected chi connectivity index (χ3v) is 24.4. The Kier molecular flexibility index (Phi) is 27.3. The molecule has 1 atom stereocenters. The molecule has 18 rings (SSSR count). The second-order valence-electron chi connectivity index (χ2n) is 31.3. The Morgan fingerprint density at radius 1 is 0.471 bits per heavy atom. The highest BCUT2D eigenvalue weighted by Crippen LogP contribution is 2.43. The monoisotopic (exact) mass is 1660 g/mol. The number of hydrogen-bond donors (Lipinski definition) is 3. The number of piperidine rings is 5. The Morgan fingerprint density at radius 2 is 0.826 bits per heavy atom. The van der Waals surface area contributed by atoms with Crippen LogP contribution < -0.4 is 35.9 Å². The van der Waals surface area contributed by atoms with Crippen molar-refractivity contribution in [2.45, 2.75) is 126 Å². The number of morpholine rings is 1. The predicted octanol–water partition coefficient (Wildman–Crippen LogP) is 14.2. The summed E-state index contributed by atoms with van der Waals surface area (Å²) in [5, 5.41) is 36.2. The van der Waals surface area contributed by atoms with Gasteiger partial charge < -0.3 is 45.2 Å². The highest BCUT2D eigenvalue weighted by atomic mass is 32.2. The van der Waals surface area contributed by atoms with Gasteiger partial charge >= 0.3 is 6.18 Å². The Labute approximate surface area is 701 Å². The second-order valence-corrected chi connectivity index (χ2v) is 32.3. The van der Waals surface area contributed by atoms with Crippen LogP contribution in [0.15, 0.2) is 161 Å². The summed E-state index contributed by atoms with van der Waals surface area (Å²) in [6.07, 6.45) is 8.08. The summed E-state index contributed by atoms with van der Waals surface area (Å²) in [5.41, 5.74) is 19.9. The van der Waals surface area contributed by atoms with Gasteiger partial charge in [0.2, 0.25) is 0 Å². The smallest absolute Gasteiger partial charge is 0.401 e. The summed E-state index contributed by atoms with van der Waals surface area (Å²) in [6, 6.07) is 48.5. The maximum atomic E-state index is 12.7. The molecule has 12 heterocycles. The quantitative estimate of drug-likeness (QED) is 0.0500. The van der Waals surface area contributed by atoms with Crippen LogP contribution in [0.1, 0.15) is 138 Å². The SMILES string of the molecule is N.N#Cc1cc(-c2ncnc3c2N=C(c2ccc(C4CCN(CC(F)(F)F)CC4)cc2)C3)ccc1OC1CCNCC1.N#Cc1cc(-c2ncnc3c2N=C(c2ccc(C4CCN(CC(F)F)CC4)cc2)C3)ccc1OC1CCNCC1.N#Cc1cc(-c2ncnc3c2N=C(c2ccc(N4CCOCC4)cc2)C3)ccc1OC1CCN(S(=O)[O-])CC1. The first-order valence-electron chi connectivity index (χ1n) is 41.1. The molecule has 31 heteroatoms. The summed E-state index contributed by atoms with van der Waals surface area (Å²) in [4.78, 5) is 47.5. The lowest BCUT2D eigenvalue weighted by Gasteiger charge is -2.32. The minimum absolute atomic E-state index is 0. The highest BCUT2D eigenvalue weighted by Gasteiger charge is 2.35. The van der Waals surface area contributed by atoms with Gasteiger partial charge in [-0.15, -0.1) is 0 Å². The average molecular weight is 1660 g/mol. The number of anilines is 1. The number of alkyl halides is 5. The zero-order valence-electron chi connectivity index (χ0n) is 66.9. The van der Waals surface area contributed by atoms with Crippen LogP contribution in [0.2, 0.25) is 0 Å². The van der Waals surface area contributed by atoms with Crippen LogP contribution >= 0.6 is 0 Å². The maximum Gasteiger partial charge on any atom is 0.401 e. The number of rotatable bonds is 19. The molecule has 6 saturated heterocycles.